The lowest BCUT2D eigenvalue weighted by molar-refractivity contribution is -0.151. The first-order valence-corrected chi connectivity index (χ1v) is 9.93. The van der Waals surface area contributed by atoms with Gasteiger partial charge in [-0.3, -0.25) is 9.59 Å². The van der Waals surface area contributed by atoms with Crippen LogP contribution in [0.5, 0.6) is 0 Å². The van der Waals surface area contributed by atoms with E-state index in [4.69, 9.17) is 21.1 Å². The molecule has 0 radical (unpaired) electrons. The molecule has 0 bridgehead atoms. The summed E-state index contributed by atoms with van der Waals surface area (Å²) >= 11 is 6.20. The Labute approximate surface area is 174 Å². The summed E-state index contributed by atoms with van der Waals surface area (Å²) in [6, 6.07) is 7.04. The quantitative estimate of drug-likeness (QED) is 0.596. The summed E-state index contributed by atoms with van der Waals surface area (Å²) in [5, 5.41) is 3.70. The van der Waals surface area contributed by atoms with Crippen molar-refractivity contribution < 1.29 is 23.9 Å². The highest BCUT2D eigenvalue weighted by molar-refractivity contribution is 6.30. The highest BCUT2D eigenvalue weighted by Crippen LogP contribution is 2.45. The van der Waals surface area contributed by atoms with E-state index in [2.05, 4.69) is 5.32 Å². The molecule has 1 aromatic rings. The zero-order chi connectivity index (χ0) is 21.3. The number of nitrogens with one attached hydrogen (secondary N) is 1. The van der Waals surface area contributed by atoms with Crippen molar-refractivity contribution in [3.05, 3.63) is 57.4 Å². The minimum atomic E-state index is -0.913. The Kier molecular flexibility index (Phi) is 6.13. The maximum atomic E-state index is 13.5. The third kappa shape index (κ3) is 3.81. The molecule has 6 nitrogen and oxygen atoms in total. The van der Waals surface area contributed by atoms with E-state index >= 15 is 0 Å². The lowest BCUT2D eigenvalue weighted by atomic mass is 9.69. The number of halogens is 1. The van der Waals surface area contributed by atoms with Crippen LogP contribution in [0.2, 0.25) is 5.02 Å². The second kappa shape index (κ2) is 8.41. The minimum Gasteiger partial charge on any atom is -0.468 e. The maximum Gasteiger partial charge on any atom is 0.336 e. The van der Waals surface area contributed by atoms with Gasteiger partial charge >= 0.3 is 11.9 Å². The molecule has 1 aliphatic carbocycles. The van der Waals surface area contributed by atoms with E-state index in [1.165, 1.54) is 7.11 Å². The van der Waals surface area contributed by atoms with Crippen molar-refractivity contribution in [2.24, 2.45) is 11.8 Å². The number of carbonyl (C=O) groups excluding carboxylic acids is 3. The number of esters is 2. The van der Waals surface area contributed by atoms with E-state index < -0.39 is 23.8 Å². The molecule has 0 spiro atoms. The van der Waals surface area contributed by atoms with Gasteiger partial charge in [0.15, 0.2) is 5.78 Å². The minimum absolute atomic E-state index is 0.208. The molecule has 3 atom stereocenters. The van der Waals surface area contributed by atoms with Crippen LogP contribution < -0.4 is 5.32 Å². The fraction of sp³-hybridized carbons (Fsp3) is 0.409. The first-order chi connectivity index (χ1) is 13.8. The van der Waals surface area contributed by atoms with Crippen molar-refractivity contribution in [2.45, 2.75) is 33.1 Å². The van der Waals surface area contributed by atoms with Crippen LogP contribution in [0, 0.1) is 11.8 Å². The van der Waals surface area contributed by atoms with Crippen LogP contribution in [0.25, 0.3) is 0 Å². The molecule has 7 heteroatoms. The molecule has 1 aliphatic heterocycles. The molecule has 1 heterocycles. The number of benzene rings is 1. The van der Waals surface area contributed by atoms with Gasteiger partial charge < -0.3 is 14.8 Å². The van der Waals surface area contributed by atoms with Gasteiger partial charge in [-0.2, -0.15) is 0 Å². The Balaban J connectivity index is 2.19. The number of allylic oxidation sites excluding steroid dienone is 3. The monoisotopic (exact) mass is 417 g/mol. The number of carbonyl (C=O) groups is 3. The second-order valence-corrected chi connectivity index (χ2v) is 7.75. The molecule has 1 N–H and O–H groups in total. The predicted octanol–water partition coefficient (Wildman–Crippen LogP) is 3.52. The van der Waals surface area contributed by atoms with Crippen molar-refractivity contribution in [3.63, 3.8) is 0 Å². The molecule has 1 aromatic carbocycles. The Morgan fingerprint density at radius 1 is 1.31 bits per heavy atom. The third-order valence-electron chi connectivity index (χ3n) is 5.42. The van der Waals surface area contributed by atoms with Gasteiger partial charge in [-0.1, -0.05) is 30.7 Å². The fourth-order valence-corrected chi connectivity index (χ4v) is 4.38. The van der Waals surface area contributed by atoms with E-state index in [9.17, 15) is 14.4 Å². The number of ether oxygens (including phenoxy) is 2. The van der Waals surface area contributed by atoms with E-state index in [1.807, 2.05) is 13.0 Å². The fourth-order valence-electron chi connectivity index (χ4n) is 4.18. The molecule has 2 aliphatic rings. The second-order valence-electron chi connectivity index (χ2n) is 7.31. The van der Waals surface area contributed by atoms with Gasteiger partial charge in [0.1, 0.15) is 5.92 Å². The summed E-state index contributed by atoms with van der Waals surface area (Å²) in [6.07, 6.45) is 0.491. The van der Waals surface area contributed by atoms with Crippen molar-refractivity contribution in [1.29, 1.82) is 0 Å². The van der Waals surface area contributed by atoms with Crippen molar-refractivity contribution in [3.8, 4) is 0 Å². The van der Waals surface area contributed by atoms with Crippen molar-refractivity contribution in [2.75, 3.05) is 13.7 Å². The first-order valence-electron chi connectivity index (χ1n) is 9.55. The summed E-state index contributed by atoms with van der Waals surface area (Å²) in [5.74, 6) is -3.21. The van der Waals surface area contributed by atoms with Crippen LogP contribution in [0.3, 0.4) is 0 Å². The van der Waals surface area contributed by atoms with Crippen LogP contribution in [0.1, 0.15) is 38.7 Å². The number of rotatable bonds is 4. The van der Waals surface area contributed by atoms with Crippen LogP contribution >= 0.6 is 11.6 Å². The Bertz CT molecular complexity index is 933. The SMILES string of the molecule is CCOC(=O)C1=C(C)NC2=C(C(=O)[C@H](C(=O)OC)[C@H](C)C2)[C@H]1c1cccc(Cl)c1. The Morgan fingerprint density at radius 3 is 2.66 bits per heavy atom. The van der Waals surface area contributed by atoms with Crippen LogP contribution in [0.15, 0.2) is 46.8 Å². The molecule has 29 heavy (non-hydrogen) atoms. The molecule has 3 rings (SSSR count). The summed E-state index contributed by atoms with van der Waals surface area (Å²) in [5.41, 5.74) is 2.79. The zero-order valence-electron chi connectivity index (χ0n) is 16.9. The average Bonchev–Trinajstić information content (AvgIpc) is 2.66. The van der Waals surface area contributed by atoms with Gasteiger partial charge in [-0.15, -0.1) is 0 Å². The summed E-state index contributed by atoms with van der Waals surface area (Å²) in [7, 11) is 1.27. The molecule has 0 fully saturated rings. The summed E-state index contributed by atoms with van der Waals surface area (Å²) < 4.78 is 10.1. The Hall–Kier alpha value is -2.60. The molecular weight excluding hydrogens is 394 g/mol. The predicted molar refractivity (Wildman–Crippen MR) is 108 cm³/mol. The molecule has 0 amide bonds. The highest BCUT2D eigenvalue weighted by atomic mass is 35.5. The molecular formula is C22H24ClNO5. The van der Waals surface area contributed by atoms with Gasteiger partial charge in [-0.25, -0.2) is 4.79 Å². The number of Topliss-reactive ketones (excluding diaryl/α,β-unsaturated/α-hetero) is 1. The highest BCUT2D eigenvalue weighted by Gasteiger charge is 2.47. The molecule has 0 saturated heterocycles. The molecule has 0 saturated carbocycles. The number of dihydropyridines is 1. The van der Waals surface area contributed by atoms with Gasteiger partial charge in [0.25, 0.3) is 0 Å². The normalized spacial score (nSPS) is 24.0. The first kappa shape index (κ1) is 21.1. The number of methoxy groups -OCH3 is 1. The van der Waals surface area contributed by atoms with Gasteiger partial charge in [0, 0.05) is 27.9 Å². The van der Waals surface area contributed by atoms with Crippen LogP contribution in [0.4, 0.5) is 0 Å². The van der Waals surface area contributed by atoms with E-state index in [-0.39, 0.29) is 18.3 Å². The number of hydrogen-bond donors (Lipinski definition) is 1. The van der Waals surface area contributed by atoms with E-state index in [0.29, 0.717) is 33.9 Å². The molecule has 0 unspecified atom stereocenters. The van der Waals surface area contributed by atoms with Crippen molar-refractivity contribution >= 4 is 29.3 Å². The van der Waals surface area contributed by atoms with E-state index in [1.54, 1.807) is 32.0 Å². The number of hydrogen-bond acceptors (Lipinski definition) is 6. The number of ketones is 1. The lowest BCUT2D eigenvalue weighted by Gasteiger charge is -2.38. The van der Waals surface area contributed by atoms with Crippen molar-refractivity contribution in [1.82, 2.24) is 5.32 Å². The largest absolute Gasteiger partial charge is 0.468 e. The summed E-state index contributed by atoms with van der Waals surface area (Å²) in [4.78, 5) is 38.6. The zero-order valence-corrected chi connectivity index (χ0v) is 17.6. The summed E-state index contributed by atoms with van der Waals surface area (Å²) in [6.45, 7) is 5.57. The van der Waals surface area contributed by atoms with E-state index in [0.717, 1.165) is 5.70 Å². The van der Waals surface area contributed by atoms with Crippen LogP contribution in [-0.2, 0) is 23.9 Å². The standard InChI is InChI=1S/C22H24ClNO5/c1-5-29-22(27)17-12(3)24-15-9-11(2)16(21(26)28-4)20(25)19(15)18(17)13-7-6-8-14(23)10-13/h6-8,10-11,16,18,24H,5,9H2,1-4H3/t11-,16-,18+/m1/s1. The topological polar surface area (TPSA) is 81.7 Å². The Morgan fingerprint density at radius 2 is 2.03 bits per heavy atom. The third-order valence-corrected chi connectivity index (χ3v) is 5.66. The molecule has 154 valence electrons. The average molecular weight is 418 g/mol. The van der Waals surface area contributed by atoms with Gasteiger partial charge in [0.05, 0.1) is 19.3 Å². The smallest absolute Gasteiger partial charge is 0.336 e. The van der Waals surface area contributed by atoms with Gasteiger partial charge in [0.2, 0.25) is 0 Å². The molecule has 0 aromatic heterocycles. The lowest BCUT2D eigenvalue weighted by Crippen LogP contribution is -2.43. The maximum absolute atomic E-state index is 13.5. The van der Waals surface area contributed by atoms with Gasteiger partial charge in [-0.05, 0) is 43.9 Å². The van der Waals surface area contributed by atoms with Crippen LogP contribution in [-0.4, -0.2) is 31.4 Å².